The van der Waals surface area contributed by atoms with Gasteiger partial charge in [-0.1, -0.05) is 17.3 Å². The van der Waals surface area contributed by atoms with Crippen LogP contribution in [-0.2, 0) is 17.6 Å². The molecule has 2 aliphatic rings. The molecule has 0 radical (unpaired) electrons. The second-order valence-corrected chi connectivity index (χ2v) is 11.3. The standard InChI is InChI=1S/C28H31N7O3S.C2HF3O2/c29-9-2-1-3-21-17-35(33-32-21)22-6-7-23(26(16-22)38-14-12-34-11-10-30-28(34)36)27-31-24(18-39-27)20-5-4-19-8-13-37-25(19)15-20;3-2(4,5)1(6)7/h4-7,15-18H,1-3,8-14,29H2,(H,30,36);(H,6,7). The Kier molecular flexibility index (Phi) is 10.4. The van der Waals surface area contributed by atoms with Gasteiger partial charge in [-0.25, -0.2) is 19.3 Å². The van der Waals surface area contributed by atoms with Crippen LogP contribution in [0.25, 0.3) is 27.5 Å². The summed E-state index contributed by atoms with van der Waals surface area (Å²) < 4.78 is 45.5. The van der Waals surface area contributed by atoms with Crippen LogP contribution in [0.1, 0.15) is 24.1 Å². The number of halogens is 3. The molecule has 244 valence electrons. The highest BCUT2D eigenvalue weighted by molar-refractivity contribution is 7.13. The predicted molar refractivity (Wildman–Crippen MR) is 163 cm³/mol. The van der Waals surface area contributed by atoms with E-state index >= 15 is 0 Å². The van der Waals surface area contributed by atoms with Gasteiger partial charge in [0.15, 0.2) is 0 Å². The summed E-state index contributed by atoms with van der Waals surface area (Å²) in [6, 6.07) is 12.2. The number of carboxylic acids is 1. The molecule has 0 unspecified atom stereocenters. The van der Waals surface area contributed by atoms with E-state index in [1.165, 1.54) is 5.56 Å². The second kappa shape index (κ2) is 14.6. The maximum Gasteiger partial charge on any atom is 0.490 e. The molecule has 0 bridgehead atoms. The zero-order valence-electron chi connectivity index (χ0n) is 24.6. The van der Waals surface area contributed by atoms with Gasteiger partial charge in [0, 0.05) is 36.5 Å². The van der Waals surface area contributed by atoms with Crippen molar-refractivity contribution in [3.63, 3.8) is 0 Å². The molecule has 2 aromatic carbocycles. The average molecular weight is 660 g/mol. The summed E-state index contributed by atoms with van der Waals surface area (Å²) in [6.45, 7) is 3.62. The smallest absolute Gasteiger partial charge is 0.490 e. The third-order valence-corrected chi connectivity index (χ3v) is 8.07. The number of benzene rings is 2. The second-order valence-electron chi connectivity index (χ2n) is 10.4. The van der Waals surface area contributed by atoms with Gasteiger partial charge in [0.25, 0.3) is 0 Å². The number of aromatic nitrogens is 4. The first-order valence-electron chi connectivity index (χ1n) is 14.6. The van der Waals surface area contributed by atoms with E-state index in [1.54, 1.807) is 20.9 Å². The number of aryl methyl sites for hydroxylation is 1. The van der Waals surface area contributed by atoms with E-state index in [9.17, 15) is 18.0 Å². The van der Waals surface area contributed by atoms with Crippen LogP contribution in [0.15, 0.2) is 48.0 Å². The van der Waals surface area contributed by atoms with E-state index in [-0.39, 0.29) is 6.03 Å². The molecule has 0 saturated carbocycles. The predicted octanol–water partition coefficient (Wildman–Crippen LogP) is 4.31. The van der Waals surface area contributed by atoms with E-state index in [0.717, 1.165) is 71.2 Å². The first-order chi connectivity index (χ1) is 22.1. The van der Waals surface area contributed by atoms with Gasteiger partial charge >= 0.3 is 18.2 Å². The molecule has 0 aliphatic carbocycles. The Morgan fingerprint density at radius 2 is 2.02 bits per heavy atom. The maximum atomic E-state index is 12.0. The number of urea groups is 1. The number of ether oxygens (including phenoxy) is 2. The third kappa shape index (κ3) is 8.11. The molecule has 4 heterocycles. The number of nitrogens with zero attached hydrogens (tertiary/aromatic N) is 5. The van der Waals surface area contributed by atoms with E-state index in [4.69, 9.17) is 30.1 Å². The summed E-state index contributed by atoms with van der Waals surface area (Å²) in [6.07, 6.45) is 0.594. The average Bonchev–Trinajstić information content (AvgIpc) is 3.85. The van der Waals surface area contributed by atoms with Crippen molar-refractivity contribution in [3.05, 3.63) is 59.2 Å². The number of rotatable bonds is 11. The van der Waals surface area contributed by atoms with Crippen LogP contribution in [0.3, 0.4) is 0 Å². The normalized spacial score (nSPS) is 13.9. The van der Waals surface area contributed by atoms with Crippen LogP contribution < -0.4 is 20.5 Å². The molecular formula is C30H32F3N7O5S. The largest absolute Gasteiger partial charge is 0.493 e. The Hall–Kier alpha value is -4.70. The van der Waals surface area contributed by atoms with Gasteiger partial charge in [-0.15, -0.1) is 16.4 Å². The monoisotopic (exact) mass is 659 g/mol. The number of carbonyl (C=O) groups is 2. The van der Waals surface area contributed by atoms with E-state index in [1.807, 2.05) is 24.4 Å². The molecule has 1 fully saturated rings. The van der Waals surface area contributed by atoms with Crippen molar-refractivity contribution in [1.29, 1.82) is 0 Å². The fourth-order valence-electron chi connectivity index (χ4n) is 4.79. The summed E-state index contributed by atoms with van der Waals surface area (Å²) in [5, 5.41) is 21.5. The van der Waals surface area contributed by atoms with Crippen LogP contribution in [0.4, 0.5) is 18.0 Å². The van der Waals surface area contributed by atoms with Gasteiger partial charge in [-0.2, -0.15) is 13.2 Å². The molecule has 1 saturated heterocycles. The van der Waals surface area contributed by atoms with Crippen molar-refractivity contribution < 1.29 is 37.3 Å². The highest BCUT2D eigenvalue weighted by Crippen LogP contribution is 2.37. The molecule has 46 heavy (non-hydrogen) atoms. The van der Waals surface area contributed by atoms with Gasteiger partial charge in [0.05, 0.1) is 42.0 Å². The summed E-state index contributed by atoms with van der Waals surface area (Å²) >= 11 is 1.57. The molecule has 2 aliphatic heterocycles. The van der Waals surface area contributed by atoms with E-state index in [0.29, 0.717) is 38.5 Å². The molecule has 6 rings (SSSR count). The Morgan fingerprint density at radius 3 is 2.76 bits per heavy atom. The number of nitrogens with two attached hydrogens (primary N) is 1. The number of thiazole rings is 1. The van der Waals surface area contributed by atoms with Crippen molar-refractivity contribution in [2.75, 3.05) is 39.4 Å². The number of unbranched alkanes of at least 4 members (excludes halogenated alkanes) is 1. The number of nitrogens with one attached hydrogen (secondary N) is 1. The van der Waals surface area contributed by atoms with Gasteiger partial charge in [0.2, 0.25) is 0 Å². The van der Waals surface area contributed by atoms with Gasteiger partial charge < -0.3 is 30.5 Å². The lowest BCUT2D eigenvalue weighted by Gasteiger charge is -2.16. The molecule has 4 N–H and O–H groups in total. The first kappa shape index (κ1) is 32.7. The molecule has 0 spiro atoms. The highest BCUT2D eigenvalue weighted by atomic mass is 32.1. The van der Waals surface area contributed by atoms with Crippen molar-refractivity contribution in [1.82, 2.24) is 30.2 Å². The van der Waals surface area contributed by atoms with Crippen molar-refractivity contribution in [3.8, 4) is 39.0 Å². The SMILES string of the molecule is NCCCCc1cn(-c2ccc(-c3nc(-c4ccc5c(c4)OCC5)cs3)c(OCCN3CCNC3=O)c2)nn1.O=C(O)C(F)(F)F. The Morgan fingerprint density at radius 1 is 1.20 bits per heavy atom. The summed E-state index contributed by atoms with van der Waals surface area (Å²) in [5.41, 5.74) is 11.5. The zero-order valence-corrected chi connectivity index (χ0v) is 25.4. The van der Waals surface area contributed by atoms with Gasteiger partial charge in [-0.05, 0) is 49.6 Å². The quantitative estimate of drug-likeness (QED) is 0.200. The number of amides is 2. The molecule has 16 heteroatoms. The highest BCUT2D eigenvalue weighted by Gasteiger charge is 2.38. The van der Waals surface area contributed by atoms with Crippen molar-refractivity contribution in [2.24, 2.45) is 5.73 Å². The van der Waals surface area contributed by atoms with Crippen molar-refractivity contribution in [2.45, 2.75) is 31.9 Å². The molecular weight excluding hydrogens is 627 g/mol. The van der Waals surface area contributed by atoms with Crippen LogP contribution >= 0.6 is 11.3 Å². The summed E-state index contributed by atoms with van der Waals surface area (Å²) in [5.74, 6) is -1.13. The lowest BCUT2D eigenvalue weighted by atomic mass is 10.1. The Labute approximate surface area is 265 Å². The minimum atomic E-state index is -5.08. The minimum absolute atomic E-state index is 0.0553. The van der Waals surface area contributed by atoms with Crippen molar-refractivity contribution >= 4 is 23.3 Å². The van der Waals surface area contributed by atoms with Crippen LogP contribution in [0.2, 0.25) is 0 Å². The van der Waals surface area contributed by atoms with Gasteiger partial charge in [-0.3, -0.25) is 0 Å². The number of aliphatic carboxylic acids is 1. The number of carboxylic acid groups (broad SMARTS) is 1. The minimum Gasteiger partial charge on any atom is -0.493 e. The molecule has 0 atom stereocenters. The van der Waals surface area contributed by atoms with Gasteiger partial charge in [0.1, 0.15) is 23.1 Å². The lowest BCUT2D eigenvalue weighted by Crippen LogP contribution is -2.31. The number of hydrogen-bond donors (Lipinski definition) is 3. The first-order valence-corrected chi connectivity index (χ1v) is 15.4. The molecule has 2 aromatic heterocycles. The fourth-order valence-corrected chi connectivity index (χ4v) is 5.64. The van der Waals surface area contributed by atoms with E-state index in [2.05, 4.69) is 39.2 Å². The van der Waals surface area contributed by atoms with E-state index < -0.39 is 12.1 Å². The topological polar surface area (TPSA) is 158 Å². The van der Waals surface area contributed by atoms with Crippen LogP contribution in [0.5, 0.6) is 11.5 Å². The molecule has 4 aromatic rings. The lowest BCUT2D eigenvalue weighted by molar-refractivity contribution is -0.192. The maximum absolute atomic E-state index is 12.0. The van der Waals surface area contributed by atoms with Crippen LogP contribution in [-0.4, -0.2) is 87.6 Å². The Balaban J connectivity index is 0.000000537. The van der Waals surface area contributed by atoms with Crippen LogP contribution in [0, 0.1) is 0 Å². The number of hydrogen-bond acceptors (Lipinski definition) is 9. The fraction of sp³-hybridized carbons (Fsp3) is 0.367. The molecule has 2 amide bonds. The molecule has 12 nitrogen and oxygen atoms in total. The Bertz CT molecular complexity index is 1680. The zero-order chi connectivity index (χ0) is 32.7. The third-order valence-electron chi connectivity index (χ3n) is 7.19. The number of fused-ring (bicyclic) bond motifs is 1. The number of carbonyl (C=O) groups excluding carboxylic acids is 1. The summed E-state index contributed by atoms with van der Waals surface area (Å²) in [4.78, 5) is 27.6. The number of alkyl halides is 3. The summed E-state index contributed by atoms with van der Waals surface area (Å²) in [7, 11) is 0.